The maximum atomic E-state index is 13.5. The largest absolute Gasteiger partial charge is 0.376 e. The summed E-state index contributed by atoms with van der Waals surface area (Å²) in [5.74, 6) is 0.0196. The van der Waals surface area contributed by atoms with E-state index in [0.717, 1.165) is 45.4 Å². The molecule has 1 aromatic carbocycles. The maximum absolute atomic E-state index is 13.5. The number of aryl methyl sites for hydroxylation is 3. The number of pyridine rings is 1. The van der Waals surface area contributed by atoms with Crippen LogP contribution in [0.5, 0.6) is 0 Å². The lowest BCUT2D eigenvalue weighted by atomic mass is 10.1. The van der Waals surface area contributed by atoms with E-state index >= 15 is 0 Å². The second kappa shape index (κ2) is 9.48. The van der Waals surface area contributed by atoms with Crippen molar-refractivity contribution in [1.29, 1.82) is 0 Å². The summed E-state index contributed by atoms with van der Waals surface area (Å²) in [5.41, 5.74) is 4.61. The first-order chi connectivity index (χ1) is 16.4. The van der Waals surface area contributed by atoms with Crippen LogP contribution in [0.2, 0.25) is 0 Å². The average molecular weight is 495 g/mol. The highest BCUT2D eigenvalue weighted by molar-refractivity contribution is 7.99. The smallest absolute Gasteiger partial charge is 0.272 e. The van der Waals surface area contributed by atoms with Crippen LogP contribution in [0, 0.1) is 20.8 Å². The van der Waals surface area contributed by atoms with Gasteiger partial charge in [-0.1, -0.05) is 29.5 Å². The highest BCUT2D eigenvalue weighted by Crippen LogP contribution is 2.31. The molecule has 1 atom stereocenters. The van der Waals surface area contributed by atoms with Gasteiger partial charge in [-0.15, -0.1) is 11.3 Å². The zero-order valence-corrected chi connectivity index (χ0v) is 21.0. The number of benzene rings is 1. The topological polar surface area (TPSA) is 86.1 Å². The van der Waals surface area contributed by atoms with Gasteiger partial charge in [0.15, 0.2) is 5.16 Å². The van der Waals surface area contributed by atoms with Crippen LogP contribution >= 0.6 is 23.1 Å². The molecule has 3 aromatic heterocycles. The Kier molecular flexibility index (Phi) is 6.42. The van der Waals surface area contributed by atoms with Crippen molar-refractivity contribution in [1.82, 2.24) is 14.5 Å². The van der Waals surface area contributed by atoms with Crippen LogP contribution in [0.4, 0.5) is 5.69 Å². The summed E-state index contributed by atoms with van der Waals surface area (Å²) < 4.78 is 8.06. The van der Waals surface area contributed by atoms with Crippen LogP contribution in [0.3, 0.4) is 0 Å². The maximum Gasteiger partial charge on any atom is 0.272 e. The molecule has 1 aliphatic heterocycles. The third-order valence-corrected chi connectivity index (χ3v) is 8.07. The summed E-state index contributed by atoms with van der Waals surface area (Å²) >= 11 is 2.65. The Balaban J connectivity index is 1.46. The number of nitrogens with one attached hydrogen (secondary N) is 1. The van der Waals surface area contributed by atoms with Gasteiger partial charge in [0.25, 0.3) is 5.56 Å². The molecule has 7 nitrogen and oxygen atoms in total. The molecule has 0 aliphatic carbocycles. The van der Waals surface area contributed by atoms with Gasteiger partial charge in [0.05, 0.1) is 23.9 Å². The zero-order chi connectivity index (χ0) is 23.8. The minimum absolute atomic E-state index is 0.0181. The predicted octanol–water partition coefficient (Wildman–Crippen LogP) is 4.84. The number of hydrogen-bond acceptors (Lipinski definition) is 7. The van der Waals surface area contributed by atoms with Crippen LogP contribution in [-0.2, 0) is 16.1 Å². The first kappa shape index (κ1) is 23.0. The zero-order valence-electron chi connectivity index (χ0n) is 19.4. The molecule has 34 heavy (non-hydrogen) atoms. The molecule has 1 N–H and O–H groups in total. The SMILES string of the molecule is Cc1cc(C)c(NC(=O)CSc2nc3c(sc4ncccc43)c(=O)n2C[C@@H]2CCCO2)c(C)c1. The molecule has 1 amide bonds. The van der Waals surface area contributed by atoms with Gasteiger partial charge in [0.1, 0.15) is 9.53 Å². The minimum atomic E-state index is -0.130. The Morgan fingerprint density at radius 2 is 2.09 bits per heavy atom. The molecule has 1 fully saturated rings. The highest BCUT2D eigenvalue weighted by atomic mass is 32.2. The van der Waals surface area contributed by atoms with Crippen molar-refractivity contribution in [3.05, 3.63) is 57.5 Å². The summed E-state index contributed by atoms with van der Waals surface area (Å²) in [6.07, 6.45) is 3.60. The standard InChI is InChI=1S/C25H26N4O3S2/c1-14-10-15(2)20(16(3)11-14)27-19(30)13-33-25-28-21-18-7-4-8-26-23(18)34-22(21)24(31)29(25)12-17-6-5-9-32-17/h4,7-8,10-11,17H,5-6,9,12-13H2,1-3H3,(H,27,30)/t17-/m0/s1. The molecule has 5 rings (SSSR count). The monoisotopic (exact) mass is 494 g/mol. The fourth-order valence-electron chi connectivity index (χ4n) is 4.49. The van der Waals surface area contributed by atoms with E-state index in [1.54, 1.807) is 10.8 Å². The number of anilines is 1. The molecule has 0 spiro atoms. The number of amides is 1. The highest BCUT2D eigenvalue weighted by Gasteiger charge is 2.22. The molecule has 1 saturated heterocycles. The van der Waals surface area contributed by atoms with Crippen LogP contribution in [0.1, 0.15) is 29.5 Å². The quantitative estimate of drug-likeness (QED) is 0.305. The number of ether oxygens (including phenoxy) is 1. The molecule has 0 unspecified atom stereocenters. The Labute approximate surface area is 205 Å². The molecular formula is C25H26N4O3S2. The number of carbonyl (C=O) groups is 1. The normalized spacial score (nSPS) is 15.9. The summed E-state index contributed by atoms with van der Waals surface area (Å²) in [4.78, 5) is 36.4. The lowest BCUT2D eigenvalue weighted by Crippen LogP contribution is -2.28. The van der Waals surface area contributed by atoms with Gasteiger partial charge in [-0.25, -0.2) is 9.97 Å². The first-order valence-corrected chi connectivity index (χ1v) is 13.1. The second-order valence-corrected chi connectivity index (χ2v) is 10.6. The van der Waals surface area contributed by atoms with Gasteiger partial charge < -0.3 is 10.1 Å². The minimum Gasteiger partial charge on any atom is -0.376 e. The number of carbonyl (C=O) groups excluding carboxylic acids is 1. The van der Waals surface area contributed by atoms with E-state index in [0.29, 0.717) is 28.5 Å². The van der Waals surface area contributed by atoms with Crippen molar-refractivity contribution in [2.75, 3.05) is 17.7 Å². The Bertz CT molecular complexity index is 1430. The third kappa shape index (κ3) is 4.47. The van der Waals surface area contributed by atoms with Crippen LogP contribution in [0.25, 0.3) is 20.4 Å². The van der Waals surface area contributed by atoms with Crippen molar-refractivity contribution >= 4 is 55.1 Å². The van der Waals surface area contributed by atoms with Gasteiger partial charge >= 0.3 is 0 Å². The van der Waals surface area contributed by atoms with Crippen molar-refractivity contribution in [3.8, 4) is 0 Å². The Morgan fingerprint density at radius 3 is 2.82 bits per heavy atom. The van der Waals surface area contributed by atoms with Gasteiger partial charge in [-0.2, -0.15) is 0 Å². The van der Waals surface area contributed by atoms with E-state index < -0.39 is 0 Å². The number of rotatable bonds is 6. The summed E-state index contributed by atoms with van der Waals surface area (Å²) in [6, 6.07) is 7.89. The number of hydrogen-bond donors (Lipinski definition) is 1. The van der Waals surface area contributed by atoms with E-state index in [-0.39, 0.29) is 23.3 Å². The summed E-state index contributed by atoms with van der Waals surface area (Å²) in [7, 11) is 0. The number of thiophene rings is 1. The molecule has 0 bridgehead atoms. The molecule has 4 heterocycles. The van der Waals surface area contributed by atoms with E-state index in [9.17, 15) is 9.59 Å². The number of aromatic nitrogens is 3. The van der Waals surface area contributed by atoms with Crippen molar-refractivity contribution in [3.63, 3.8) is 0 Å². The first-order valence-electron chi connectivity index (χ1n) is 11.3. The third-order valence-electron chi connectivity index (χ3n) is 6.00. The Hall–Kier alpha value is -2.75. The van der Waals surface area contributed by atoms with Crippen molar-refractivity contribution in [2.45, 2.75) is 51.4 Å². The molecule has 1 aliphatic rings. The van der Waals surface area contributed by atoms with Gasteiger partial charge in [-0.05, 0) is 56.9 Å². The van der Waals surface area contributed by atoms with Crippen molar-refractivity contribution in [2.24, 2.45) is 0 Å². The number of fused-ring (bicyclic) bond motifs is 3. The van der Waals surface area contributed by atoms with Gasteiger partial charge in [0, 0.05) is 23.9 Å². The average Bonchev–Trinajstić information content (AvgIpc) is 3.45. The fourth-order valence-corrected chi connectivity index (χ4v) is 6.32. The van der Waals surface area contributed by atoms with E-state index in [4.69, 9.17) is 9.72 Å². The predicted molar refractivity (Wildman–Crippen MR) is 138 cm³/mol. The molecule has 0 radical (unpaired) electrons. The molecule has 9 heteroatoms. The number of nitrogens with zero attached hydrogens (tertiary/aromatic N) is 3. The van der Waals surface area contributed by atoms with E-state index in [1.807, 2.05) is 32.9 Å². The molecule has 176 valence electrons. The van der Waals surface area contributed by atoms with Crippen molar-refractivity contribution < 1.29 is 9.53 Å². The van der Waals surface area contributed by atoms with E-state index in [2.05, 4.69) is 22.4 Å². The summed E-state index contributed by atoms with van der Waals surface area (Å²) in [6.45, 7) is 7.17. The lowest BCUT2D eigenvalue weighted by Gasteiger charge is -2.16. The summed E-state index contributed by atoms with van der Waals surface area (Å²) in [5, 5.41) is 4.43. The van der Waals surface area contributed by atoms with Gasteiger partial charge in [0.2, 0.25) is 5.91 Å². The van der Waals surface area contributed by atoms with Crippen LogP contribution in [0.15, 0.2) is 40.4 Å². The molecule has 0 saturated carbocycles. The number of thioether (sulfide) groups is 1. The molecule has 4 aromatic rings. The van der Waals surface area contributed by atoms with Gasteiger partial charge in [-0.3, -0.25) is 14.2 Å². The van der Waals surface area contributed by atoms with Crippen LogP contribution in [-0.4, -0.2) is 38.9 Å². The fraction of sp³-hybridized carbons (Fsp3) is 0.360. The van der Waals surface area contributed by atoms with E-state index in [1.165, 1.54) is 23.1 Å². The molecular weight excluding hydrogens is 468 g/mol. The lowest BCUT2D eigenvalue weighted by molar-refractivity contribution is -0.113. The van der Waals surface area contributed by atoms with Crippen LogP contribution < -0.4 is 10.9 Å². The second-order valence-electron chi connectivity index (χ2n) is 8.69. The Morgan fingerprint density at radius 1 is 1.29 bits per heavy atom.